The zero-order valence-corrected chi connectivity index (χ0v) is 14.9. The van der Waals surface area contributed by atoms with Crippen LogP contribution in [0, 0.1) is 5.92 Å². The number of rotatable bonds is 9. The molecule has 1 unspecified atom stereocenters. The Labute approximate surface area is 143 Å². The van der Waals surface area contributed by atoms with Gasteiger partial charge in [-0.1, -0.05) is 19.1 Å². The van der Waals surface area contributed by atoms with Gasteiger partial charge in [0.25, 0.3) is 0 Å². The van der Waals surface area contributed by atoms with Crippen molar-refractivity contribution in [1.29, 1.82) is 0 Å². The maximum absolute atomic E-state index is 12.1. The zero-order valence-electron chi connectivity index (χ0n) is 13.2. The quantitative estimate of drug-likeness (QED) is 0.543. The first kappa shape index (κ1) is 21.8. The Balaban J connectivity index is 0.00000484. The molecule has 0 saturated heterocycles. The van der Waals surface area contributed by atoms with Gasteiger partial charge < -0.3 is 15.8 Å². The number of methoxy groups -OCH3 is 1. The Bertz CT molecular complexity index is 595. The Morgan fingerprint density at radius 2 is 2.09 bits per heavy atom. The lowest BCUT2D eigenvalue weighted by atomic mass is 10.1. The Morgan fingerprint density at radius 3 is 2.70 bits per heavy atom. The van der Waals surface area contributed by atoms with Crippen molar-refractivity contribution in [3.05, 3.63) is 29.8 Å². The average molecular weight is 366 g/mol. The molecule has 0 aromatic heterocycles. The third-order valence-electron chi connectivity index (χ3n) is 3.07. The number of ether oxygens (including phenoxy) is 1. The summed E-state index contributed by atoms with van der Waals surface area (Å²) in [6.45, 7) is 2.75. The summed E-state index contributed by atoms with van der Waals surface area (Å²) < 4.78 is 31.4. The van der Waals surface area contributed by atoms with Crippen molar-refractivity contribution in [3.8, 4) is 0 Å². The standard InChI is InChI=1S/C14H23N3O4S.ClH/c1-11(9-15)14(18)16-10-12-4-3-5-13(8-12)22(19,20)17-6-7-21-2;/h3-5,8,11,17H,6-7,9-10,15H2,1-2H3,(H,16,18);1H. The molecule has 0 fully saturated rings. The first-order valence-electron chi connectivity index (χ1n) is 6.96. The summed E-state index contributed by atoms with van der Waals surface area (Å²) in [5.41, 5.74) is 6.12. The first-order valence-corrected chi connectivity index (χ1v) is 8.44. The van der Waals surface area contributed by atoms with Crippen molar-refractivity contribution in [2.24, 2.45) is 11.7 Å². The van der Waals surface area contributed by atoms with Crippen LogP contribution in [-0.4, -0.2) is 41.1 Å². The van der Waals surface area contributed by atoms with Crippen LogP contribution in [0.5, 0.6) is 0 Å². The monoisotopic (exact) mass is 365 g/mol. The minimum atomic E-state index is -3.58. The first-order chi connectivity index (χ1) is 10.4. The van der Waals surface area contributed by atoms with Gasteiger partial charge in [0, 0.05) is 32.7 Å². The van der Waals surface area contributed by atoms with Crippen LogP contribution in [0.1, 0.15) is 12.5 Å². The minimum absolute atomic E-state index is 0. The highest BCUT2D eigenvalue weighted by molar-refractivity contribution is 7.89. The molecule has 4 N–H and O–H groups in total. The number of sulfonamides is 1. The molecule has 0 aliphatic heterocycles. The summed E-state index contributed by atoms with van der Waals surface area (Å²) in [6, 6.07) is 6.42. The molecule has 1 amide bonds. The number of hydrogen-bond acceptors (Lipinski definition) is 5. The molecule has 1 atom stereocenters. The SMILES string of the molecule is COCCNS(=O)(=O)c1cccc(CNC(=O)C(C)CN)c1.Cl. The van der Waals surface area contributed by atoms with Gasteiger partial charge in [0.1, 0.15) is 0 Å². The highest BCUT2D eigenvalue weighted by atomic mass is 35.5. The Kier molecular flexibility index (Phi) is 10.0. The van der Waals surface area contributed by atoms with E-state index in [0.29, 0.717) is 12.2 Å². The third kappa shape index (κ3) is 7.28. The zero-order chi connectivity index (χ0) is 16.6. The fraction of sp³-hybridized carbons (Fsp3) is 0.500. The Morgan fingerprint density at radius 1 is 1.39 bits per heavy atom. The van der Waals surface area contributed by atoms with Crippen LogP contribution in [0.25, 0.3) is 0 Å². The van der Waals surface area contributed by atoms with Gasteiger partial charge in [-0.3, -0.25) is 4.79 Å². The smallest absolute Gasteiger partial charge is 0.240 e. The predicted octanol–water partition coefficient (Wildman–Crippen LogP) is 0.244. The third-order valence-corrected chi connectivity index (χ3v) is 4.53. The Hall–Kier alpha value is -1.19. The summed E-state index contributed by atoms with van der Waals surface area (Å²) in [5, 5.41) is 2.73. The van der Waals surface area contributed by atoms with E-state index in [0.717, 1.165) is 0 Å². The van der Waals surface area contributed by atoms with Crippen LogP contribution in [-0.2, 0) is 26.1 Å². The summed E-state index contributed by atoms with van der Waals surface area (Å²) in [4.78, 5) is 11.8. The average Bonchev–Trinajstić information content (AvgIpc) is 2.52. The second-order valence-corrected chi connectivity index (χ2v) is 6.66. The van der Waals surface area contributed by atoms with Crippen molar-refractivity contribution in [1.82, 2.24) is 10.0 Å². The fourth-order valence-electron chi connectivity index (χ4n) is 1.65. The number of carbonyl (C=O) groups is 1. The maximum atomic E-state index is 12.1. The molecule has 1 aromatic carbocycles. The van der Waals surface area contributed by atoms with E-state index >= 15 is 0 Å². The van der Waals surface area contributed by atoms with Crippen LogP contribution < -0.4 is 15.8 Å². The van der Waals surface area contributed by atoms with E-state index in [-0.39, 0.29) is 48.8 Å². The predicted molar refractivity (Wildman–Crippen MR) is 90.8 cm³/mol. The largest absolute Gasteiger partial charge is 0.383 e. The second kappa shape index (κ2) is 10.6. The summed E-state index contributed by atoms with van der Waals surface area (Å²) >= 11 is 0. The number of nitrogens with two attached hydrogens (primary N) is 1. The van der Waals surface area contributed by atoms with E-state index in [1.165, 1.54) is 19.2 Å². The number of halogens is 1. The van der Waals surface area contributed by atoms with Crippen molar-refractivity contribution >= 4 is 28.3 Å². The van der Waals surface area contributed by atoms with E-state index in [2.05, 4.69) is 10.0 Å². The molecule has 23 heavy (non-hydrogen) atoms. The van der Waals surface area contributed by atoms with E-state index in [1.807, 2.05) is 0 Å². The second-order valence-electron chi connectivity index (χ2n) is 4.89. The summed E-state index contributed by atoms with van der Waals surface area (Å²) in [5.74, 6) is -0.434. The lowest BCUT2D eigenvalue weighted by Gasteiger charge is -2.11. The van der Waals surface area contributed by atoms with Crippen LogP contribution in [0.3, 0.4) is 0 Å². The highest BCUT2D eigenvalue weighted by Gasteiger charge is 2.14. The molecular weight excluding hydrogens is 342 g/mol. The van der Waals surface area contributed by atoms with E-state index in [1.54, 1.807) is 19.1 Å². The van der Waals surface area contributed by atoms with Crippen molar-refractivity contribution in [3.63, 3.8) is 0 Å². The molecule has 9 heteroatoms. The van der Waals surface area contributed by atoms with Gasteiger partial charge in [-0.2, -0.15) is 0 Å². The summed E-state index contributed by atoms with van der Waals surface area (Å²) in [6.07, 6.45) is 0. The molecule has 0 saturated carbocycles. The van der Waals surface area contributed by atoms with Crippen LogP contribution in [0.4, 0.5) is 0 Å². The van der Waals surface area contributed by atoms with Gasteiger partial charge in [-0.05, 0) is 17.7 Å². The normalized spacial score (nSPS) is 12.3. The molecule has 0 radical (unpaired) electrons. The number of carbonyl (C=O) groups excluding carboxylic acids is 1. The number of hydrogen-bond donors (Lipinski definition) is 3. The molecule has 1 rings (SSSR count). The molecule has 1 aromatic rings. The van der Waals surface area contributed by atoms with Crippen molar-refractivity contribution in [2.75, 3.05) is 26.8 Å². The number of nitrogens with one attached hydrogen (secondary N) is 2. The number of benzene rings is 1. The van der Waals surface area contributed by atoms with E-state index < -0.39 is 10.0 Å². The summed E-state index contributed by atoms with van der Waals surface area (Å²) in [7, 11) is -2.08. The van der Waals surface area contributed by atoms with Crippen LogP contribution in [0.2, 0.25) is 0 Å². The molecule has 0 heterocycles. The van der Waals surface area contributed by atoms with Crippen molar-refractivity contribution < 1.29 is 17.9 Å². The van der Waals surface area contributed by atoms with Crippen LogP contribution >= 0.6 is 12.4 Å². The van der Waals surface area contributed by atoms with Crippen molar-refractivity contribution in [2.45, 2.75) is 18.4 Å². The van der Waals surface area contributed by atoms with Crippen LogP contribution in [0.15, 0.2) is 29.2 Å². The van der Waals surface area contributed by atoms with E-state index in [4.69, 9.17) is 10.5 Å². The topological polar surface area (TPSA) is 111 Å². The molecule has 0 aliphatic carbocycles. The molecule has 7 nitrogen and oxygen atoms in total. The van der Waals surface area contributed by atoms with Gasteiger partial charge in [0.15, 0.2) is 0 Å². The number of amides is 1. The lowest BCUT2D eigenvalue weighted by Crippen LogP contribution is -2.32. The fourth-order valence-corrected chi connectivity index (χ4v) is 2.74. The van der Waals surface area contributed by atoms with Gasteiger partial charge in [-0.15, -0.1) is 12.4 Å². The molecule has 0 spiro atoms. The molecule has 0 bridgehead atoms. The maximum Gasteiger partial charge on any atom is 0.240 e. The van der Waals surface area contributed by atoms with Gasteiger partial charge >= 0.3 is 0 Å². The molecule has 132 valence electrons. The van der Waals surface area contributed by atoms with Gasteiger partial charge in [0.2, 0.25) is 15.9 Å². The minimum Gasteiger partial charge on any atom is -0.383 e. The van der Waals surface area contributed by atoms with Gasteiger partial charge in [0.05, 0.1) is 11.5 Å². The molecular formula is C14H24ClN3O4S. The van der Waals surface area contributed by atoms with Gasteiger partial charge in [-0.25, -0.2) is 13.1 Å². The van der Waals surface area contributed by atoms with E-state index in [9.17, 15) is 13.2 Å². The molecule has 0 aliphatic rings. The highest BCUT2D eigenvalue weighted by Crippen LogP contribution is 2.11. The lowest BCUT2D eigenvalue weighted by molar-refractivity contribution is -0.124.